The van der Waals surface area contributed by atoms with Gasteiger partial charge in [0.1, 0.15) is 11.6 Å². The molecule has 0 aliphatic carbocycles. The van der Waals surface area contributed by atoms with Gasteiger partial charge < -0.3 is 4.74 Å². The minimum Gasteiger partial charge on any atom is -0.489 e. The van der Waals surface area contributed by atoms with Gasteiger partial charge in [-0.15, -0.1) is 0 Å². The summed E-state index contributed by atoms with van der Waals surface area (Å²) in [6, 6.07) is 2.43. The summed E-state index contributed by atoms with van der Waals surface area (Å²) in [7, 11) is 0. The second-order valence-corrected chi connectivity index (χ2v) is 3.89. The van der Waals surface area contributed by atoms with Crippen molar-refractivity contribution < 1.29 is 13.9 Å². The first-order chi connectivity index (χ1) is 6.91. The highest BCUT2D eigenvalue weighted by Crippen LogP contribution is 2.28. The van der Waals surface area contributed by atoms with E-state index in [0.29, 0.717) is 5.75 Å². The van der Waals surface area contributed by atoms with E-state index < -0.39 is 5.82 Å². The van der Waals surface area contributed by atoms with Gasteiger partial charge in [0.05, 0.1) is 16.7 Å². The maximum absolute atomic E-state index is 13.3. The molecule has 1 aromatic rings. The van der Waals surface area contributed by atoms with E-state index in [2.05, 4.69) is 0 Å². The van der Waals surface area contributed by atoms with Gasteiger partial charge in [-0.1, -0.05) is 11.6 Å². The molecule has 0 spiro atoms. The zero-order chi connectivity index (χ0) is 11.6. The molecule has 0 aliphatic rings. The van der Waals surface area contributed by atoms with Crippen molar-refractivity contribution in [2.75, 3.05) is 0 Å². The highest BCUT2D eigenvalue weighted by atomic mass is 35.5. The molecule has 0 saturated carbocycles. The number of benzene rings is 1. The maximum Gasteiger partial charge on any atom is 0.162 e. The Morgan fingerprint density at radius 2 is 2.07 bits per heavy atom. The first kappa shape index (κ1) is 12.0. The lowest BCUT2D eigenvalue weighted by molar-refractivity contribution is 0.101. The Morgan fingerprint density at radius 3 is 2.53 bits per heavy atom. The monoisotopic (exact) mass is 230 g/mol. The van der Waals surface area contributed by atoms with Crippen LogP contribution in [0.4, 0.5) is 4.39 Å². The molecule has 1 aromatic carbocycles. The number of hydrogen-bond donors (Lipinski definition) is 0. The van der Waals surface area contributed by atoms with Crippen molar-refractivity contribution in [2.24, 2.45) is 0 Å². The quantitative estimate of drug-likeness (QED) is 0.744. The van der Waals surface area contributed by atoms with Crippen molar-refractivity contribution in [1.29, 1.82) is 0 Å². The summed E-state index contributed by atoms with van der Waals surface area (Å²) >= 11 is 5.77. The molecule has 0 radical (unpaired) electrons. The summed E-state index contributed by atoms with van der Waals surface area (Å²) in [6.07, 6.45) is -0.0761. The number of halogens is 2. The van der Waals surface area contributed by atoms with E-state index in [-0.39, 0.29) is 22.5 Å². The molecule has 0 amide bonds. The first-order valence-corrected chi connectivity index (χ1v) is 4.96. The highest BCUT2D eigenvalue weighted by Gasteiger charge is 2.13. The van der Waals surface area contributed by atoms with Crippen molar-refractivity contribution >= 4 is 17.4 Å². The number of Topliss-reactive ketones (excluding diaryl/α,β-unsaturated/α-hetero) is 1. The van der Waals surface area contributed by atoms with E-state index in [1.807, 2.05) is 13.8 Å². The van der Waals surface area contributed by atoms with Crippen LogP contribution in [0.5, 0.6) is 5.75 Å². The summed E-state index contributed by atoms with van der Waals surface area (Å²) in [5, 5.41) is 0.172. The zero-order valence-electron chi connectivity index (χ0n) is 8.80. The topological polar surface area (TPSA) is 26.3 Å². The SMILES string of the molecule is CC(=O)c1cc(OC(C)C)c(Cl)cc1F. The lowest BCUT2D eigenvalue weighted by Crippen LogP contribution is -2.07. The van der Waals surface area contributed by atoms with Crippen molar-refractivity contribution in [1.82, 2.24) is 0 Å². The van der Waals surface area contributed by atoms with Gasteiger partial charge >= 0.3 is 0 Å². The smallest absolute Gasteiger partial charge is 0.162 e. The predicted molar refractivity (Wildman–Crippen MR) is 57.2 cm³/mol. The van der Waals surface area contributed by atoms with E-state index in [1.165, 1.54) is 13.0 Å². The van der Waals surface area contributed by atoms with Crippen LogP contribution in [0.2, 0.25) is 5.02 Å². The Morgan fingerprint density at radius 1 is 1.47 bits per heavy atom. The molecule has 0 atom stereocenters. The third-order valence-corrected chi connectivity index (χ3v) is 2.06. The summed E-state index contributed by atoms with van der Waals surface area (Å²) in [5.41, 5.74) is -0.00458. The van der Waals surface area contributed by atoms with Gasteiger partial charge in [0.2, 0.25) is 0 Å². The molecule has 0 unspecified atom stereocenters. The van der Waals surface area contributed by atoms with E-state index >= 15 is 0 Å². The van der Waals surface area contributed by atoms with Gasteiger partial charge in [-0.3, -0.25) is 4.79 Å². The average molecular weight is 231 g/mol. The highest BCUT2D eigenvalue weighted by molar-refractivity contribution is 6.32. The molecule has 82 valence electrons. The molecule has 0 N–H and O–H groups in total. The van der Waals surface area contributed by atoms with Crippen LogP contribution < -0.4 is 4.74 Å². The van der Waals surface area contributed by atoms with Gasteiger partial charge in [-0.05, 0) is 32.9 Å². The van der Waals surface area contributed by atoms with Crippen molar-refractivity contribution in [3.05, 3.63) is 28.5 Å². The number of carbonyl (C=O) groups excluding carboxylic acids is 1. The molecule has 0 bridgehead atoms. The number of ether oxygens (including phenoxy) is 1. The van der Waals surface area contributed by atoms with Crippen LogP contribution in [0.15, 0.2) is 12.1 Å². The fraction of sp³-hybridized carbons (Fsp3) is 0.364. The molecule has 0 aromatic heterocycles. The van der Waals surface area contributed by atoms with E-state index in [9.17, 15) is 9.18 Å². The molecule has 1 rings (SSSR count). The lowest BCUT2D eigenvalue weighted by atomic mass is 10.1. The van der Waals surface area contributed by atoms with Crippen LogP contribution >= 0.6 is 11.6 Å². The second-order valence-electron chi connectivity index (χ2n) is 3.49. The molecule has 0 fully saturated rings. The predicted octanol–water partition coefficient (Wildman–Crippen LogP) is 3.47. The molecule has 0 saturated heterocycles. The minimum absolute atomic E-state index is 0.00458. The Balaban J connectivity index is 3.17. The Hall–Kier alpha value is -1.09. The zero-order valence-corrected chi connectivity index (χ0v) is 9.56. The van der Waals surface area contributed by atoms with E-state index in [4.69, 9.17) is 16.3 Å². The molecule has 4 heteroatoms. The van der Waals surface area contributed by atoms with Crippen LogP contribution in [0.1, 0.15) is 31.1 Å². The molecule has 0 heterocycles. The molecule has 0 aliphatic heterocycles. The van der Waals surface area contributed by atoms with Crippen molar-refractivity contribution in [3.8, 4) is 5.75 Å². The Bertz CT molecular complexity index is 388. The second kappa shape index (κ2) is 4.62. The standard InChI is InChI=1S/C11H12ClFO2/c1-6(2)15-11-4-8(7(3)14)10(13)5-9(11)12/h4-6H,1-3H3. The average Bonchev–Trinajstić information content (AvgIpc) is 2.08. The van der Waals surface area contributed by atoms with Gasteiger partial charge in [0, 0.05) is 0 Å². The van der Waals surface area contributed by atoms with Crippen molar-refractivity contribution in [3.63, 3.8) is 0 Å². The normalized spacial score (nSPS) is 10.5. The van der Waals surface area contributed by atoms with E-state index in [1.54, 1.807) is 0 Å². The summed E-state index contributed by atoms with van der Waals surface area (Å²) in [4.78, 5) is 11.1. The number of ketones is 1. The maximum atomic E-state index is 13.3. The van der Waals surface area contributed by atoms with Crippen LogP contribution in [0.25, 0.3) is 0 Å². The molecule has 2 nitrogen and oxygen atoms in total. The summed E-state index contributed by atoms with van der Waals surface area (Å²) in [6.45, 7) is 4.95. The van der Waals surface area contributed by atoms with Crippen molar-refractivity contribution in [2.45, 2.75) is 26.9 Å². The van der Waals surface area contributed by atoms with Crippen LogP contribution in [0, 0.1) is 5.82 Å². The summed E-state index contributed by atoms with van der Waals surface area (Å²) in [5.74, 6) is -0.639. The lowest BCUT2D eigenvalue weighted by Gasteiger charge is -2.12. The molecular weight excluding hydrogens is 219 g/mol. The number of carbonyl (C=O) groups is 1. The Kier molecular flexibility index (Phi) is 3.69. The fourth-order valence-corrected chi connectivity index (χ4v) is 1.34. The largest absolute Gasteiger partial charge is 0.489 e. The van der Waals surface area contributed by atoms with Crippen LogP contribution in [-0.4, -0.2) is 11.9 Å². The first-order valence-electron chi connectivity index (χ1n) is 4.58. The number of hydrogen-bond acceptors (Lipinski definition) is 2. The third-order valence-electron chi connectivity index (χ3n) is 1.76. The Labute approximate surface area is 93.0 Å². The molecular formula is C11H12ClFO2. The molecule has 15 heavy (non-hydrogen) atoms. The number of rotatable bonds is 3. The van der Waals surface area contributed by atoms with Gasteiger partial charge in [-0.2, -0.15) is 0 Å². The van der Waals surface area contributed by atoms with Crippen LogP contribution in [-0.2, 0) is 0 Å². The third kappa shape index (κ3) is 2.93. The van der Waals surface area contributed by atoms with Gasteiger partial charge in [-0.25, -0.2) is 4.39 Å². The van der Waals surface area contributed by atoms with E-state index in [0.717, 1.165) is 6.07 Å². The van der Waals surface area contributed by atoms with Gasteiger partial charge in [0.15, 0.2) is 5.78 Å². The summed E-state index contributed by atoms with van der Waals surface area (Å²) < 4.78 is 18.6. The minimum atomic E-state index is -0.622. The van der Waals surface area contributed by atoms with Crippen LogP contribution in [0.3, 0.4) is 0 Å². The fourth-order valence-electron chi connectivity index (χ4n) is 1.14. The van der Waals surface area contributed by atoms with Gasteiger partial charge in [0.25, 0.3) is 0 Å².